The van der Waals surface area contributed by atoms with E-state index in [2.05, 4.69) is 52.9 Å². The molecule has 1 aliphatic heterocycles. The number of carbonyl (C=O) groups is 2. The van der Waals surface area contributed by atoms with Crippen LogP contribution in [0.5, 0.6) is 0 Å². The third kappa shape index (κ3) is 11.9. The zero-order valence-corrected chi connectivity index (χ0v) is 44.6. The third-order valence-corrected chi connectivity index (χ3v) is 16.2. The predicted molar refractivity (Wildman–Crippen MR) is 273 cm³/mol. The lowest BCUT2D eigenvalue weighted by molar-refractivity contribution is -0.173. The lowest BCUT2D eigenvalue weighted by atomic mass is 10.1. The second-order valence-corrected chi connectivity index (χ2v) is 22.3. The smallest absolute Gasteiger partial charge is 0.331 e. The van der Waals surface area contributed by atoms with Crippen molar-refractivity contribution < 1.29 is 66.2 Å². The summed E-state index contributed by atoms with van der Waals surface area (Å²) in [6.45, 7) is 6.92. The highest BCUT2D eigenvalue weighted by molar-refractivity contribution is 7.99. The first-order chi connectivity index (χ1) is 37.4. The van der Waals surface area contributed by atoms with Gasteiger partial charge in [0.1, 0.15) is 37.6 Å². The number of aliphatic hydroxyl groups excluding tert-OH is 2. The number of carboxylic acids is 1. The Morgan fingerprint density at radius 2 is 1.19 bits per heavy atom. The summed E-state index contributed by atoms with van der Waals surface area (Å²) in [4.78, 5) is 41.4. The zero-order chi connectivity index (χ0) is 55.2. The molecule has 5 heterocycles. The van der Waals surface area contributed by atoms with Crippen molar-refractivity contribution >= 4 is 69.4 Å². The SMILES string of the molecule is CCCSc1nc(NC2C[C@@H]2c2ccc(F)c(F)c2)c2nnn(C3C[C@H](OCC(=O)O)[C@H]4OC(C)(C)O[C@@H]34)c2n1.CCCSc1nc(NC2C[C@@H]2c2ccc(F)c(F)c2)c2nnn(C3C[C@H](OCC(=O)OC)[C@@H](O)[C@H]3O)c2n1. The molecular weight excluding hydrogens is 1070 g/mol. The standard InChI is InChI=1S/C26H30F2N6O5S.C24H28F2N6O5S/c1-4-7-40-25-30-23(29-16-9-13(16)12-5-6-14(27)15(28)8-12)20-24(31-25)34(33-32-20)17-10-18(37-11-19(35)36)22-21(17)38-26(2,3)39-22;1-3-6-38-24-28-22(27-15-8-12(15)11-4-5-13(25)14(26)7-11)19-23(29-24)32(31-30-19)16-9-17(21(35)20(16)34)37-10-18(33)36-2/h5-6,8,13,16-18,21-22H,4,7,9-11H2,1-3H3,(H,35,36)(H,29,30,31);4-5,7,12,15-17,20-21,34-35H,3,6,8-10H2,1-2H3,(H,27,28,29)/t13-,16?,17?,18+,21+,22-;12-,15?,16?,17+,20+,21-/m11/s1. The molecule has 22 nitrogen and oxygen atoms in total. The van der Waals surface area contributed by atoms with Gasteiger partial charge in [-0.2, -0.15) is 0 Å². The third-order valence-electron chi connectivity index (χ3n) is 14.1. The first-order valence-corrected chi connectivity index (χ1v) is 27.6. The molecule has 0 bridgehead atoms. The Hall–Kier alpha value is -5.88. The number of fused-ring (bicyclic) bond motifs is 3. The van der Waals surface area contributed by atoms with E-state index >= 15 is 0 Å². The minimum absolute atomic E-state index is 0.0101. The molecule has 5 N–H and O–H groups in total. The van der Waals surface area contributed by atoms with Crippen molar-refractivity contribution in [2.24, 2.45) is 0 Å². The highest BCUT2D eigenvalue weighted by Gasteiger charge is 2.56. The van der Waals surface area contributed by atoms with Gasteiger partial charge in [0.25, 0.3) is 0 Å². The van der Waals surface area contributed by atoms with Crippen LogP contribution in [-0.2, 0) is 33.3 Å². The van der Waals surface area contributed by atoms with E-state index < -0.39 is 90.3 Å². The Morgan fingerprint density at radius 3 is 1.69 bits per heavy atom. The number of benzene rings is 2. The van der Waals surface area contributed by atoms with Gasteiger partial charge in [0.2, 0.25) is 0 Å². The summed E-state index contributed by atoms with van der Waals surface area (Å²) in [6, 6.07) is 6.72. The number of rotatable bonds is 20. The lowest BCUT2D eigenvalue weighted by Gasteiger charge is -2.23. The molecule has 4 aliphatic carbocycles. The molecule has 12 atom stereocenters. The van der Waals surface area contributed by atoms with Crippen molar-refractivity contribution in [2.75, 3.05) is 42.5 Å². The normalized spacial score (nSPS) is 27.6. The Morgan fingerprint density at radius 1 is 0.692 bits per heavy atom. The summed E-state index contributed by atoms with van der Waals surface area (Å²) in [7, 11) is 1.23. The van der Waals surface area contributed by atoms with Crippen LogP contribution in [0.2, 0.25) is 0 Å². The van der Waals surface area contributed by atoms with Crippen LogP contribution in [0.3, 0.4) is 0 Å². The number of carboxylic acid groups (broad SMARTS) is 1. The summed E-state index contributed by atoms with van der Waals surface area (Å²) in [5, 5.41) is 55.6. The number of methoxy groups -OCH3 is 1. The molecule has 28 heteroatoms. The van der Waals surface area contributed by atoms with Gasteiger partial charge in [-0.15, -0.1) is 10.2 Å². The maximum atomic E-state index is 13.8. The predicted octanol–water partition coefficient (Wildman–Crippen LogP) is 6.10. The van der Waals surface area contributed by atoms with Gasteiger partial charge in [-0.3, -0.25) is 0 Å². The number of aliphatic hydroxyl groups is 2. The van der Waals surface area contributed by atoms with Gasteiger partial charge in [-0.05, 0) is 74.9 Å². The largest absolute Gasteiger partial charge is 0.480 e. The highest BCUT2D eigenvalue weighted by Crippen LogP contribution is 2.48. The molecule has 1 saturated heterocycles. The van der Waals surface area contributed by atoms with Crippen molar-refractivity contribution in [3.8, 4) is 0 Å². The van der Waals surface area contributed by atoms with Gasteiger partial charge >= 0.3 is 11.9 Å². The van der Waals surface area contributed by atoms with Crippen molar-refractivity contribution in [1.29, 1.82) is 0 Å². The van der Waals surface area contributed by atoms with Crippen molar-refractivity contribution in [2.45, 2.75) is 155 Å². The van der Waals surface area contributed by atoms with E-state index in [1.54, 1.807) is 30.7 Å². The molecule has 4 saturated carbocycles. The van der Waals surface area contributed by atoms with Crippen LogP contribution in [-0.4, -0.2) is 164 Å². The summed E-state index contributed by atoms with van der Waals surface area (Å²) in [5.41, 5.74) is 3.14. The molecule has 418 valence electrons. The molecular formula is C50H58F4N12O10S2. The number of hydrogen-bond donors (Lipinski definition) is 5. The molecule has 4 unspecified atom stereocenters. The van der Waals surface area contributed by atoms with Crippen molar-refractivity contribution in [1.82, 2.24) is 49.9 Å². The molecule has 5 aliphatic rings. The summed E-state index contributed by atoms with van der Waals surface area (Å²) >= 11 is 2.97. The maximum Gasteiger partial charge on any atom is 0.331 e. The first kappa shape index (κ1) is 55.4. The fourth-order valence-corrected chi connectivity index (χ4v) is 11.6. The number of aromatic nitrogens is 10. The van der Waals surface area contributed by atoms with Gasteiger partial charge in [0.05, 0.1) is 31.4 Å². The molecule has 0 amide bonds. The van der Waals surface area contributed by atoms with Crippen LogP contribution in [0.4, 0.5) is 29.2 Å². The molecule has 4 aromatic heterocycles. The number of esters is 1. The fraction of sp³-hybridized carbons (Fsp3) is 0.560. The quantitative estimate of drug-likeness (QED) is 0.0250. The fourth-order valence-electron chi connectivity index (χ4n) is 10.2. The van der Waals surface area contributed by atoms with E-state index in [1.165, 1.54) is 47.4 Å². The number of nitrogens with zero attached hydrogens (tertiary/aromatic N) is 10. The highest BCUT2D eigenvalue weighted by atomic mass is 32.2. The molecule has 5 fully saturated rings. The van der Waals surface area contributed by atoms with E-state index in [0.29, 0.717) is 62.7 Å². The van der Waals surface area contributed by atoms with Gasteiger partial charge in [0, 0.05) is 48.3 Å². The number of ether oxygens (including phenoxy) is 5. The van der Waals surface area contributed by atoms with Gasteiger partial charge in [0.15, 0.2) is 73.3 Å². The summed E-state index contributed by atoms with van der Waals surface area (Å²) < 4.78 is 85.5. The Bertz CT molecular complexity index is 3180. The molecule has 78 heavy (non-hydrogen) atoms. The van der Waals surface area contributed by atoms with E-state index in [-0.39, 0.29) is 43.0 Å². The average molecular weight is 1130 g/mol. The lowest BCUT2D eigenvalue weighted by Crippen LogP contribution is -2.34. The number of anilines is 2. The van der Waals surface area contributed by atoms with Crippen LogP contribution >= 0.6 is 23.5 Å². The van der Waals surface area contributed by atoms with Crippen LogP contribution in [0, 0.1) is 23.3 Å². The number of hydrogen-bond acceptors (Lipinski definition) is 21. The first-order valence-electron chi connectivity index (χ1n) is 25.6. The van der Waals surface area contributed by atoms with Crippen molar-refractivity contribution in [3.05, 3.63) is 70.8 Å². The van der Waals surface area contributed by atoms with E-state index in [9.17, 15) is 37.4 Å². The maximum absolute atomic E-state index is 13.8. The van der Waals surface area contributed by atoms with Crippen LogP contribution in [0.25, 0.3) is 22.3 Å². The Balaban J connectivity index is 0.000000177. The molecule has 11 rings (SSSR count). The number of halogens is 4. The summed E-state index contributed by atoms with van der Waals surface area (Å²) in [6.07, 6.45) is -0.885. The van der Waals surface area contributed by atoms with E-state index in [0.717, 1.165) is 48.5 Å². The second-order valence-electron chi connectivity index (χ2n) is 20.2. The van der Waals surface area contributed by atoms with Gasteiger partial charge in [-0.1, -0.05) is 59.9 Å². The molecule has 2 aromatic carbocycles. The van der Waals surface area contributed by atoms with Crippen molar-refractivity contribution in [3.63, 3.8) is 0 Å². The Labute approximate surface area is 452 Å². The molecule has 0 radical (unpaired) electrons. The monoisotopic (exact) mass is 1130 g/mol. The van der Waals surface area contributed by atoms with Gasteiger partial charge in [-0.25, -0.2) is 56.5 Å². The molecule has 0 spiro atoms. The van der Waals surface area contributed by atoms with E-state index in [4.69, 9.17) is 34.0 Å². The number of aliphatic carboxylic acids is 1. The second kappa shape index (κ2) is 23.1. The van der Waals surface area contributed by atoms with Gasteiger partial charge < -0.3 is 49.6 Å². The van der Waals surface area contributed by atoms with Crippen LogP contribution in [0.1, 0.15) is 101 Å². The minimum atomic E-state index is -1.25. The Kier molecular flexibility index (Phi) is 16.4. The summed E-state index contributed by atoms with van der Waals surface area (Å²) in [5.74, 6) is -3.49. The van der Waals surface area contributed by atoms with Crippen LogP contribution in [0.15, 0.2) is 46.7 Å². The number of nitrogens with one attached hydrogen (secondary N) is 2. The molecule has 6 aromatic rings. The zero-order valence-electron chi connectivity index (χ0n) is 43.0. The average Bonchev–Trinajstić information content (AvgIpc) is 4.17. The minimum Gasteiger partial charge on any atom is -0.480 e. The number of thioether (sulfide) groups is 2. The van der Waals surface area contributed by atoms with Crippen LogP contribution < -0.4 is 10.6 Å². The number of carbonyl (C=O) groups excluding carboxylic acids is 1. The van der Waals surface area contributed by atoms with E-state index in [1.807, 2.05) is 6.92 Å². The topological polar surface area (TPSA) is 278 Å².